The zero-order valence-corrected chi connectivity index (χ0v) is 9.24. The Bertz CT molecular complexity index is 469. The van der Waals surface area contributed by atoms with E-state index in [1.165, 1.54) is 6.07 Å². The molecule has 0 bridgehead atoms. The Balaban J connectivity index is 1.76. The summed E-state index contributed by atoms with van der Waals surface area (Å²) in [4.78, 5) is 0. The lowest BCUT2D eigenvalue weighted by Gasteiger charge is -2.05. The van der Waals surface area contributed by atoms with Crippen LogP contribution in [0.2, 0.25) is 0 Å². The predicted octanol–water partition coefficient (Wildman–Crippen LogP) is 1.95. The molecule has 0 fully saturated rings. The van der Waals surface area contributed by atoms with Gasteiger partial charge in [-0.15, -0.1) is 0 Å². The summed E-state index contributed by atoms with van der Waals surface area (Å²) in [6.45, 7) is 1.98. The molecule has 0 aliphatic heterocycles. The number of aromatic nitrogens is 2. The molecule has 17 heavy (non-hydrogen) atoms. The highest BCUT2D eigenvalue weighted by Gasteiger charge is 2.01. The Morgan fingerprint density at radius 1 is 1.24 bits per heavy atom. The van der Waals surface area contributed by atoms with Crippen molar-refractivity contribution in [2.24, 2.45) is 0 Å². The second-order valence-electron chi connectivity index (χ2n) is 3.69. The van der Waals surface area contributed by atoms with E-state index in [9.17, 15) is 8.78 Å². The van der Waals surface area contributed by atoms with E-state index in [1.54, 1.807) is 16.9 Å². The van der Waals surface area contributed by atoms with E-state index < -0.39 is 11.6 Å². The summed E-state index contributed by atoms with van der Waals surface area (Å²) in [6.07, 6.45) is 3.59. The molecule has 1 heterocycles. The summed E-state index contributed by atoms with van der Waals surface area (Å²) < 4.78 is 27.4. The van der Waals surface area contributed by atoms with Gasteiger partial charge in [0, 0.05) is 25.5 Å². The zero-order chi connectivity index (χ0) is 12.1. The first-order valence-corrected chi connectivity index (χ1v) is 5.38. The molecule has 1 aromatic heterocycles. The monoisotopic (exact) mass is 237 g/mol. The number of halogens is 2. The van der Waals surface area contributed by atoms with Crippen LogP contribution >= 0.6 is 0 Å². The van der Waals surface area contributed by atoms with Crippen LogP contribution in [0.15, 0.2) is 36.7 Å². The van der Waals surface area contributed by atoms with Crippen LogP contribution in [0.25, 0.3) is 0 Å². The standard InChI is InChI=1S/C12H13F2N3/c13-11-3-2-10(8-12(11)14)9-15-5-7-17-6-1-4-16-17/h1-4,6,8,15H,5,7,9H2. The molecule has 0 spiro atoms. The number of hydrogen-bond donors (Lipinski definition) is 1. The predicted molar refractivity (Wildman–Crippen MR) is 60.3 cm³/mol. The Hall–Kier alpha value is -1.75. The molecule has 0 radical (unpaired) electrons. The minimum absolute atomic E-state index is 0.512. The van der Waals surface area contributed by atoms with Crippen molar-refractivity contribution in [1.82, 2.24) is 15.1 Å². The van der Waals surface area contributed by atoms with Crippen molar-refractivity contribution < 1.29 is 8.78 Å². The van der Waals surface area contributed by atoms with E-state index in [1.807, 2.05) is 12.3 Å². The van der Waals surface area contributed by atoms with Crippen molar-refractivity contribution in [3.05, 3.63) is 53.9 Å². The Morgan fingerprint density at radius 2 is 2.12 bits per heavy atom. The van der Waals surface area contributed by atoms with Crippen LogP contribution in [0, 0.1) is 11.6 Å². The number of rotatable bonds is 5. The van der Waals surface area contributed by atoms with E-state index >= 15 is 0 Å². The third-order valence-corrected chi connectivity index (χ3v) is 2.39. The third-order valence-electron chi connectivity index (χ3n) is 2.39. The van der Waals surface area contributed by atoms with Gasteiger partial charge in [-0.3, -0.25) is 4.68 Å². The highest BCUT2D eigenvalue weighted by molar-refractivity contribution is 5.17. The van der Waals surface area contributed by atoms with Crippen LogP contribution < -0.4 is 5.32 Å². The fourth-order valence-corrected chi connectivity index (χ4v) is 1.51. The fourth-order valence-electron chi connectivity index (χ4n) is 1.51. The molecule has 0 saturated carbocycles. The Kier molecular flexibility index (Phi) is 3.82. The first-order chi connectivity index (χ1) is 8.25. The first-order valence-electron chi connectivity index (χ1n) is 5.38. The molecule has 0 aliphatic rings. The smallest absolute Gasteiger partial charge is 0.159 e. The average Bonchev–Trinajstić information content (AvgIpc) is 2.82. The number of nitrogens with zero attached hydrogens (tertiary/aromatic N) is 2. The molecule has 0 atom stereocenters. The first kappa shape index (κ1) is 11.7. The van der Waals surface area contributed by atoms with Gasteiger partial charge < -0.3 is 5.32 Å². The van der Waals surface area contributed by atoms with Gasteiger partial charge in [-0.2, -0.15) is 5.10 Å². The lowest BCUT2D eigenvalue weighted by atomic mass is 10.2. The number of nitrogens with one attached hydrogen (secondary N) is 1. The van der Waals surface area contributed by atoms with E-state index in [0.29, 0.717) is 6.54 Å². The molecule has 0 unspecified atom stereocenters. The molecule has 1 N–H and O–H groups in total. The number of benzene rings is 1. The molecule has 0 saturated heterocycles. The SMILES string of the molecule is Fc1ccc(CNCCn2cccn2)cc1F. The van der Waals surface area contributed by atoms with Crippen molar-refractivity contribution in [2.45, 2.75) is 13.1 Å². The molecule has 0 aliphatic carbocycles. The highest BCUT2D eigenvalue weighted by Crippen LogP contribution is 2.08. The molecule has 2 rings (SSSR count). The minimum Gasteiger partial charge on any atom is -0.311 e. The van der Waals surface area contributed by atoms with Crippen molar-refractivity contribution in [3.8, 4) is 0 Å². The van der Waals surface area contributed by atoms with Gasteiger partial charge in [0.1, 0.15) is 0 Å². The molecule has 90 valence electrons. The lowest BCUT2D eigenvalue weighted by molar-refractivity contribution is 0.504. The summed E-state index contributed by atoms with van der Waals surface area (Å²) in [6, 6.07) is 5.77. The summed E-state index contributed by atoms with van der Waals surface area (Å²) in [5, 5.41) is 7.19. The average molecular weight is 237 g/mol. The maximum Gasteiger partial charge on any atom is 0.159 e. The molecule has 3 nitrogen and oxygen atoms in total. The second-order valence-corrected chi connectivity index (χ2v) is 3.69. The van der Waals surface area contributed by atoms with Crippen molar-refractivity contribution in [1.29, 1.82) is 0 Å². The molecule has 5 heteroatoms. The van der Waals surface area contributed by atoms with Gasteiger partial charge in [0.05, 0.1) is 6.54 Å². The highest BCUT2D eigenvalue weighted by atomic mass is 19.2. The van der Waals surface area contributed by atoms with E-state index in [-0.39, 0.29) is 0 Å². The van der Waals surface area contributed by atoms with Gasteiger partial charge in [0.15, 0.2) is 11.6 Å². The topological polar surface area (TPSA) is 29.9 Å². The van der Waals surface area contributed by atoms with Crippen LogP contribution in [-0.4, -0.2) is 16.3 Å². The van der Waals surface area contributed by atoms with Crippen LogP contribution in [0.3, 0.4) is 0 Å². The van der Waals surface area contributed by atoms with Gasteiger partial charge in [0.25, 0.3) is 0 Å². The van der Waals surface area contributed by atoms with Gasteiger partial charge in [-0.1, -0.05) is 6.07 Å². The van der Waals surface area contributed by atoms with Crippen LogP contribution in [0.4, 0.5) is 8.78 Å². The summed E-state index contributed by atoms with van der Waals surface area (Å²) >= 11 is 0. The Labute approximate surface area is 98.1 Å². The Morgan fingerprint density at radius 3 is 2.82 bits per heavy atom. The van der Waals surface area contributed by atoms with Crippen molar-refractivity contribution in [3.63, 3.8) is 0 Å². The van der Waals surface area contributed by atoms with E-state index in [4.69, 9.17) is 0 Å². The maximum absolute atomic E-state index is 12.9. The second kappa shape index (κ2) is 5.54. The number of hydrogen-bond acceptors (Lipinski definition) is 2. The van der Waals surface area contributed by atoms with Gasteiger partial charge in [0.2, 0.25) is 0 Å². The van der Waals surface area contributed by atoms with Gasteiger partial charge in [-0.25, -0.2) is 8.78 Å². The summed E-state index contributed by atoms with van der Waals surface area (Å²) in [5.41, 5.74) is 0.726. The van der Waals surface area contributed by atoms with Crippen molar-refractivity contribution in [2.75, 3.05) is 6.54 Å². The maximum atomic E-state index is 12.9. The molecule has 1 aromatic carbocycles. The molecular weight excluding hydrogens is 224 g/mol. The van der Waals surface area contributed by atoms with Crippen LogP contribution in [-0.2, 0) is 13.1 Å². The zero-order valence-electron chi connectivity index (χ0n) is 9.24. The lowest BCUT2D eigenvalue weighted by Crippen LogP contribution is -2.19. The van der Waals surface area contributed by atoms with Gasteiger partial charge >= 0.3 is 0 Å². The normalized spacial score (nSPS) is 10.7. The van der Waals surface area contributed by atoms with Crippen LogP contribution in [0.5, 0.6) is 0 Å². The van der Waals surface area contributed by atoms with Crippen LogP contribution in [0.1, 0.15) is 5.56 Å². The summed E-state index contributed by atoms with van der Waals surface area (Å²) in [7, 11) is 0. The van der Waals surface area contributed by atoms with Crippen molar-refractivity contribution >= 4 is 0 Å². The quantitative estimate of drug-likeness (QED) is 0.805. The summed E-state index contributed by atoms with van der Waals surface area (Å²) in [5.74, 6) is -1.62. The van der Waals surface area contributed by atoms with E-state index in [2.05, 4.69) is 10.4 Å². The molecular formula is C12H13F2N3. The molecule has 2 aromatic rings. The molecule has 0 amide bonds. The minimum atomic E-state index is -0.815. The van der Waals surface area contributed by atoms with Gasteiger partial charge in [-0.05, 0) is 23.8 Å². The third kappa shape index (κ3) is 3.35. The fraction of sp³-hybridized carbons (Fsp3) is 0.250. The van der Waals surface area contributed by atoms with E-state index in [0.717, 1.165) is 24.7 Å². The largest absolute Gasteiger partial charge is 0.311 e.